The van der Waals surface area contributed by atoms with E-state index in [2.05, 4.69) is 10.2 Å². The van der Waals surface area contributed by atoms with Crippen molar-refractivity contribution in [1.82, 2.24) is 10.2 Å². The Morgan fingerprint density at radius 2 is 1.56 bits per heavy atom. The van der Waals surface area contributed by atoms with Gasteiger partial charge in [-0.05, 0) is 63.5 Å². The number of rotatable bonds is 8. The van der Waals surface area contributed by atoms with Gasteiger partial charge in [0.15, 0.2) is 0 Å². The molecular formula is C16H30N2. The summed E-state index contributed by atoms with van der Waals surface area (Å²) in [6.45, 7) is 5.49. The largest absolute Gasteiger partial charge is 0.314 e. The molecule has 2 saturated carbocycles. The Kier molecular flexibility index (Phi) is 4.58. The highest BCUT2D eigenvalue weighted by Crippen LogP contribution is 2.37. The molecule has 2 nitrogen and oxygen atoms in total. The molecule has 1 N–H and O–H groups in total. The van der Waals surface area contributed by atoms with E-state index in [1.54, 1.807) is 0 Å². The second-order valence-corrected chi connectivity index (χ2v) is 6.85. The van der Waals surface area contributed by atoms with E-state index in [1.807, 2.05) is 0 Å². The summed E-state index contributed by atoms with van der Waals surface area (Å²) in [5.41, 5.74) is 0. The highest BCUT2D eigenvalue weighted by molar-refractivity contribution is 4.88. The topological polar surface area (TPSA) is 15.3 Å². The van der Waals surface area contributed by atoms with E-state index in [1.165, 1.54) is 84.0 Å². The third-order valence-corrected chi connectivity index (χ3v) is 5.21. The molecule has 3 rings (SSSR count). The van der Waals surface area contributed by atoms with Gasteiger partial charge in [-0.3, -0.25) is 0 Å². The molecule has 2 aliphatic carbocycles. The van der Waals surface area contributed by atoms with E-state index in [9.17, 15) is 0 Å². The number of likely N-dealkylation sites (tertiary alicyclic amines) is 1. The lowest BCUT2D eigenvalue weighted by molar-refractivity contribution is 0.302. The molecule has 1 saturated heterocycles. The Labute approximate surface area is 113 Å². The molecule has 2 atom stereocenters. The maximum Gasteiger partial charge on any atom is 0.00682 e. The van der Waals surface area contributed by atoms with Crippen LogP contribution in [0.15, 0.2) is 0 Å². The summed E-state index contributed by atoms with van der Waals surface area (Å²) >= 11 is 0. The number of nitrogens with one attached hydrogen (secondary N) is 1. The quantitative estimate of drug-likeness (QED) is 0.666. The van der Waals surface area contributed by atoms with E-state index in [4.69, 9.17) is 0 Å². The predicted molar refractivity (Wildman–Crippen MR) is 76.8 cm³/mol. The first-order chi connectivity index (χ1) is 8.92. The Morgan fingerprint density at radius 3 is 2.28 bits per heavy atom. The molecule has 0 amide bonds. The summed E-state index contributed by atoms with van der Waals surface area (Å²) in [4.78, 5) is 2.75. The summed E-state index contributed by atoms with van der Waals surface area (Å²) < 4.78 is 0. The molecule has 3 aliphatic rings. The zero-order valence-electron chi connectivity index (χ0n) is 11.9. The molecule has 0 aromatic carbocycles. The summed E-state index contributed by atoms with van der Waals surface area (Å²) in [6, 6.07) is 0.897. The van der Waals surface area contributed by atoms with Gasteiger partial charge < -0.3 is 10.2 Å². The van der Waals surface area contributed by atoms with Crippen molar-refractivity contribution >= 4 is 0 Å². The van der Waals surface area contributed by atoms with Crippen molar-refractivity contribution in [3.63, 3.8) is 0 Å². The van der Waals surface area contributed by atoms with E-state index >= 15 is 0 Å². The third-order valence-electron chi connectivity index (χ3n) is 5.21. The van der Waals surface area contributed by atoms with E-state index < -0.39 is 0 Å². The Balaban J connectivity index is 1.16. The van der Waals surface area contributed by atoms with Crippen LogP contribution in [-0.4, -0.2) is 37.1 Å². The number of fused-ring (bicyclic) bond motifs is 1. The van der Waals surface area contributed by atoms with Crippen LogP contribution in [0, 0.1) is 11.8 Å². The van der Waals surface area contributed by atoms with Crippen LogP contribution in [0.3, 0.4) is 0 Å². The summed E-state index contributed by atoms with van der Waals surface area (Å²) in [5, 5.41) is 3.60. The molecule has 2 unspecified atom stereocenters. The van der Waals surface area contributed by atoms with Crippen LogP contribution < -0.4 is 5.32 Å². The standard InChI is InChI=1S/C16H30N2/c1(3-10-17-16-8-9-16)2-4-11-18-12-14-6-5-7-15(14)13-18/h14-17H,1-13H2. The van der Waals surface area contributed by atoms with Crippen LogP contribution in [0.4, 0.5) is 0 Å². The van der Waals surface area contributed by atoms with Crippen molar-refractivity contribution in [2.24, 2.45) is 11.8 Å². The van der Waals surface area contributed by atoms with Gasteiger partial charge >= 0.3 is 0 Å². The van der Waals surface area contributed by atoms with Crippen LogP contribution in [-0.2, 0) is 0 Å². The van der Waals surface area contributed by atoms with E-state index in [-0.39, 0.29) is 0 Å². The van der Waals surface area contributed by atoms with Crippen molar-refractivity contribution in [3.8, 4) is 0 Å². The first-order valence-electron chi connectivity index (χ1n) is 8.37. The van der Waals surface area contributed by atoms with Crippen molar-refractivity contribution in [2.75, 3.05) is 26.2 Å². The highest BCUT2D eigenvalue weighted by Gasteiger charge is 2.35. The average Bonchev–Trinajstić information content (AvgIpc) is 2.94. The maximum atomic E-state index is 3.60. The molecule has 2 heteroatoms. The molecule has 0 aromatic rings. The minimum Gasteiger partial charge on any atom is -0.314 e. The predicted octanol–water partition coefficient (Wildman–Crippen LogP) is 3.03. The molecule has 1 heterocycles. The fourth-order valence-electron chi connectivity index (χ4n) is 3.92. The summed E-state index contributed by atoms with van der Waals surface area (Å²) in [5.74, 6) is 2.15. The summed E-state index contributed by atoms with van der Waals surface area (Å²) in [7, 11) is 0. The second kappa shape index (κ2) is 6.38. The van der Waals surface area contributed by atoms with Crippen LogP contribution in [0.1, 0.15) is 57.8 Å². The van der Waals surface area contributed by atoms with Gasteiger partial charge in [-0.1, -0.05) is 19.3 Å². The smallest absolute Gasteiger partial charge is 0.00682 e. The molecule has 1 aliphatic heterocycles. The normalized spacial score (nSPS) is 32.0. The number of hydrogen-bond acceptors (Lipinski definition) is 2. The van der Waals surface area contributed by atoms with Gasteiger partial charge in [0.1, 0.15) is 0 Å². The first-order valence-corrected chi connectivity index (χ1v) is 8.37. The molecular weight excluding hydrogens is 220 g/mol. The van der Waals surface area contributed by atoms with E-state index in [0.717, 1.165) is 17.9 Å². The SMILES string of the molecule is C(CCCN1CC2CCCC2C1)CCNC1CC1. The lowest BCUT2D eigenvalue weighted by Gasteiger charge is -2.16. The summed E-state index contributed by atoms with van der Waals surface area (Å²) in [6.07, 6.45) is 13.1. The fraction of sp³-hybridized carbons (Fsp3) is 1.00. The van der Waals surface area contributed by atoms with Gasteiger partial charge in [0.25, 0.3) is 0 Å². The second-order valence-electron chi connectivity index (χ2n) is 6.85. The molecule has 3 fully saturated rings. The van der Waals surface area contributed by atoms with E-state index in [0.29, 0.717) is 0 Å². The van der Waals surface area contributed by atoms with Crippen molar-refractivity contribution in [3.05, 3.63) is 0 Å². The molecule has 18 heavy (non-hydrogen) atoms. The molecule has 0 bridgehead atoms. The van der Waals surface area contributed by atoms with Crippen LogP contribution >= 0.6 is 0 Å². The Bertz CT molecular complexity index is 237. The third kappa shape index (κ3) is 3.71. The Hall–Kier alpha value is -0.0800. The van der Waals surface area contributed by atoms with Gasteiger partial charge in [0.2, 0.25) is 0 Å². The fourth-order valence-corrected chi connectivity index (χ4v) is 3.92. The van der Waals surface area contributed by atoms with Crippen molar-refractivity contribution in [1.29, 1.82) is 0 Å². The lowest BCUT2D eigenvalue weighted by Crippen LogP contribution is -2.23. The van der Waals surface area contributed by atoms with Crippen molar-refractivity contribution in [2.45, 2.75) is 63.8 Å². The first kappa shape index (κ1) is 12.9. The van der Waals surface area contributed by atoms with Crippen molar-refractivity contribution < 1.29 is 0 Å². The number of unbranched alkanes of at least 4 members (excludes halogenated alkanes) is 3. The number of hydrogen-bond donors (Lipinski definition) is 1. The number of nitrogens with zero attached hydrogens (tertiary/aromatic N) is 1. The van der Waals surface area contributed by atoms with Gasteiger partial charge in [-0.2, -0.15) is 0 Å². The zero-order chi connectivity index (χ0) is 12.2. The van der Waals surface area contributed by atoms with Crippen LogP contribution in [0.5, 0.6) is 0 Å². The molecule has 0 aromatic heterocycles. The lowest BCUT2D eigenvalue weighted by atomic mass is 10.0. The van der Waals surface area contributed by atoms with Gasteiger partial charge in [-0.15, -0.1) is 0 Å². The highest BCUT2D eigenvalue weighted by atomic mass is 15.2. The molecule has 104 valence electrons. The van der Waals surface area contributed by atoms with Crippen LogP contribution in [0.25, 0.3) is 0 Å². The Morgan fingerprint density at radius 1 is 0.833 bits per heavy atom. The maximum absolute atomic E-state index is 3.60. The average molecular weight is 250 g/mol. The monoisotopic (exact) mass is 250 g/mol. The zero-order valence-corrected chi connectivity index (χ0v) is 11.9. The van der Waals surface area contributed by atoms with Gasteiger partial charge in [0, 0.05) is 19.1 Å². The molecule has 0 spiro atoms. The van der Waals surface area contributed by atoms with Gasteiger partial charge in [-0.25, -0.2) is 0 Å². The minimum atomic E-state index is 0.897. The minimum absolute atomic E-state index is 0.897. The van der Waals surface area contributed by atoms with Gasteiger partial charge in [0.05, 0.1) is 0 Å². The molecule has 0 radical (unpaired) electrons. The van der Waals surface area contributed by atoms with Crippen LogP contribution in [0.2, 0.25) is 0 Å².